The molecule has 0 bridgehead atoms. The second-order valence-corrected chi connectivity index (χ2v) is 6.16. The number of hydrogen-bond donors (Lipinski definition) is 1. The minimum atomic E-state index is 0.313. The van der Waals surface area contributed by atoms with Crippen LogP contribution in [-0.4, -0.2) is 12.4 Å². The van der Waals surface area contributed by atoms with Gasteiger partial charge in [-0.2, -0.15) is 12.6 Å². The molecule has 1 aliphatic rings. The van der Waals surface area contributed by atoms with Crippen LogP contribution in [0.1, 0.15) is 51.0 Å². The lowest BCUT2D eigenvalue weighted by molar-refractivity contribution is 0.171. The third-order valence-electron chi connectivity index (χ3n) is 4.07. The second-order valence-electron chi connectivity index (χ2n) is 5.85. The highest BCUT2D eigenvalue weighted by atomic mass is 32.1. The van der Waals surface area contributed by atoms with Gasteiger partial charge in [-0.1, -0.05) is 44.9 Å². The average molecular weight is 264 g/mol. The zero-order valence-corrected chi connectivity index (χ0v) is 12.4. The van der Waals surface area contributed by atoms with Gasteiger partial charge in [0.1, 0.15) is 5.75 Å². The largest absolute Gasteiger partial charge is 0.493 e. The second kappa shape index (κ2) is 6.01. The van der Waals surface area contributed by atoms with E-state index in [2.05, 4.69) is 50.7 Å². The summed E-state index contributed by atoms with van der Waals surface area (Å²) in [4.78, 5) is 0. The lowest BCUT2D eigenvalue weighted by atomic mass is 9.90. The Balaban J connectivity index is 2.05. The van der Waals surface area contributed by atoms with Gasteiger partial charge in [-0.25, -0.2) is 0 Å². The summed E-state index contributed by atoms with van der Waals surface area (Å²) in [6, 6.07) is 8.41. The van der Waals surface area contributed by atoms with Crippen molar-refractivity contribution in [3.8, 4) is 5.75 Å². The Morgan fingerprint density at radius 2 is 1.89 bits per heavy atom. The van der Waals surface area contributed by atoms with E-state index >= 15 is 0 Å². The minimum absolute atomic E-state index is 0.313. The molecule has 0 spiro atoms. The van der Waals surface area contributed by atoms with Crippen molar-refractivity contribution < 1.29 is 4.74 Å². The van der Waals surface area contributed by atoms with E-state index in [0.29, 0.717) is 11.3 Å². The molecule has 0 radical (unpaired) electrons. The van der Waals surface area contributed by atoms with Crippen LogP contribution in [-0.2, 0) is 0 Å². The van der Waals surface area contributed by atoms with Crippen molar-refractivity contribution in [2.75, 3.05) is 12.4 Å². The van der Waals surface area contributed by atoms with Gasteiger partial charge in [0.05, 0.1) is 6.61 Å². The lowest BCUT2D eigenvalue weighted by Gasteiger charge is -2.27. The normalized spacial score (nSPS) is 18.2. The molecule has 0 saturated heterocycles. The van der Waals surface area contributed by atoms with Gasteiger partial charge in [-0.15, -0.1) is 0 Å². The summed E-state index contributed by atoms with van der Waals surface area (Å²) in [5, 5.41) is 0. The fourth-order valence-corrected chi connectivity index (χ4v) is 3.20. The van der Waals surface area contributed by atoms with Crippen LogP contribution in [0.5, 0.6) is 5.75 Å². The van der Waals surface area contributed by atoms with Gasteiger partial charge in [-0.3, -0.25) is 0 Å². The van der Waals surface area contributed by atoms with E-state index < -0.39 is 0 Å². The molecule has 2 rings (SSSR count). The van der Waals surface area contributed by atoms with Gasteiger partial charge in [0.25, 0.3) is 0 Å². The molecule has 100 valence electrons. The van der Waals surface area contributed by atoms with Crippen molar-refractivity contribution in [3.63, 3.8) is 0 Å². The van der Waals surface area contributed by atoms with Gasteiger partial charge in [0.15, 0.2) is 0 Å². The van der Waals surface area contributed by atoms with Gasteiger partial charge < -0.3 is 4.74 Å². The molecule has 0 atom stereocenters. The van der Waals surface area contributed by atoms with Crippen LogP contribution in [0.2, 0.25) is 0 Å². The maximum Gasteiger partial charge on any atom is 0.122 e. The van der Waals surface area contributed by atoms with E-state index in [9.17, 15) is 0 Å². The summed E-state index contributed by atoms with van der Waals surface area (Å²) in [5.74, 6) is 2.51. The first-order valence-corrected chi connectivity index (χ1v) is 7.63. The molecule has 0 amide bonds. The highest BCUT2D eigenvalue weighted by Crippen LogP contribution is 2.40. The summed E-state index contributed by atoms with van der Waals surface area (Å²) in [5.41, 5.74) is 1.62. The molecular formula is C16H24OS. The first kappa shape index (κ1) is 13.8. The summed E-state index contributed by atoms with van der Waals surface area (Å²) < 4.78 is 6.13. The van der Waals surface area contributed by atoms with Crippen LogP contribution in [0, 0.1) is 5.41 Å². The Morgan fingerprint density at radius 3 is 2.50 bits per heavy atom. The van der Waals surface area contributed by atoms with Crippen LogP contribution >= 0.6 is 12.6 Å². The zero-order valence-electron chi connectivity index (χ0n) is 11.5. The molecule has 18 heavy (non-hydrogen) atoms. The standard InChI is InChI=1S/C16H24OS/c1-13(2)14-7-3-4-8-15(14)17-11-16(12-18)9-5-6-10-16/h3-4,7-8,13,18H,5-6,9-12H2,1-2H3. The third-order valence-corrected chi connectivity index (χ3v) is 4.75. The van der Waals surface area contributed by atoms with Gasteiger partial charge >= 0.3 is 0 Å². The summed E-state index contributed by atoms with van der Waals surface area (Å²) >= 11 is 4.53. The number of hydrogen-bond acceptors (Lipinski definition) is 2. The van der Waals surface area contributed by atoms with E-state index in [0.717, 1.165) is 18.1 Å². The fourth-order valence-electron chi connectivity index (χ4n) is 2.79. The highest BCUT2D eigenvalue weighted by Gasteiger charge is 2.33. The quantitative estimate of drug-likeness (QED) is 0.760. The van der Waals surface area contributed by atoms with Gasteiger partial charge in [0, 0.05) is 5.41 Å². The van der Waals surface area contributed by atoms with E-state index in [1.165, 1.54) is 31.2 Å². The maximum atomic E-state index is 6.13. The topological polar surface area (TPSA) is 9.23 Å². The zero-order chi connectivity index (χ0) is 13.0. The van der Waals surface area contributed by atoms with Crippen LogP contribution in [0.3, 0.4) is 0 Å². The number of para-hydroxylation sites is 1. The molecule has 1 aromatic carbocycles. The average Bonchev–Trinajstić information content (AvgIpc) is 2.86. The van der Waals surface area contributed by atoms with Crippen molar-refractivity contribution in [2.45, 2.75) is 45.4 Å². The highest BCUT2D eigenvalue weighted by molar-refractivity contribution is 7.80. The summed E-state index contributed by atoms with van der Waals surface area (Å²) in [6.07, 6.45) is 5.19. The molecule has 0 unspecified atom stereocenters. The minimum Gasteiger partial charge on any atom is -0.493 e. The lowest BCUT2D eigenvalue weighted by Crippen LogP contribution is -2.27. The Labute approximate surface area is 116 Å². The Kier molecular flexibility index (Phi) is 4.60. The number of rotatable bonds is 5. The third kappa shape index (κ3) is 3.03. The molecule has 0 aromatic heterocycles. The molecular weight excluding hydrogens is 240 g/mol. The molecule has 2 heteroatoms. The predicted octanol–water partition coefficient (Wildman–Crippen LogP) is 4.68. The first-order valence-electron chi connectivity index (χ1n) is 6.99. The van der Waals surface area contributed by atoms with Crippen LogP contribution in [0.25, 0.3) is 0 Å². The number of thiol groups is 1. The Morgan fingerprint density at radius 1 is 1.22 bits per heavy atom. The Hall–Kier alpha value is -0.630. The molecule has 0 aliphatic heterocycles. The van der Waals surface area contributed by atoms with Gasteiger partial charge in [-0.05, 0) is 36.1 Å². The van der Waals surface area contributed by atoms with E-state index in [1.807, 2.05) is 0 Å². The van der Waals surface area contributed by atoms with Crippen molar-refractivity contribution in [3.05, 3.63) is 29.8 Å². The van der Waals surface area contributed by atoms with E-state index in [1.54, 1.807) is 0 Å². The van der Waals surface area contributed by atoms with Crippen LogP contribution in [0.4, 0.5) is 0 Å². The van der Waals surface area contributed by atoms with Crippen molar-refractivity contribution in [1.29, 1.82) is 0 Å². The SMILES string of the molecule is CC(C)c1ccccc1OCC1(CS)CCCC1. The summed E-state index contributed by atoms with van der Waals surface area (Å²) in [7, 11) is 0. The fraction of sp³-hybridized carbons (Fsp3) is 0.625. The monoisotopic (exact) mass is 264 g/mol. The number of benzene rings is 1. The molecule has 1 aliphatic carbocycles. The summed E-state index contributed by atoms with van der Waals surface area (Å²) in [6.45, 7) is 5.25. The number of ether oxygens (including phenoxy) is 1. The predicted molar refractivity (Wildman–Crippen MR) is 80.8 cm³/mol. The van der Waals surface area contributed by atoms with Crippen molar-refractivity contribution in [1.82, 2.24) is 0 Å². The van der Waals surface area contributed by atoms with Crippen molar-refractivity contribution >= 4 is 12.6 Å². The molecule has 1 nitrogen and oxygen atoms in total. The van der Waals surface area contributed by atoms with Gasteiger partial charge in [0.2, 0.25) is 0 Å². The van der Waals surface area contributed by atoms with Crippen molar-refractivity contribution in [2.24, 2.45) is 5.41 Å². The molecule has 1 saturated carbocycles. The smallest absolute Gasteiger partial charge is 0.122 e. The molecule has 0 heterocycles. The van der Waals surface area contributed by atoms with E-state index in [-0.39, 0.29) is 0 Å². The molecule has 1 aromatic rings. The van der Waals surface area contributed by atoms with Crippen LogP contribution < -0.4 is 4.74 Å². The van der Waals surface area contributed by atoms with E-state index in [4.69, 9.17) is 4.74 Å². The first-order chi connectivity index (χ1) is 8.67. The van der Waals surface area contributed by atoms with Crippen LogP contribution in [0.15, 0.2) is 24.3 Å². The molecule has 1 fully saturated rings. The maximum absolute atomic E-state index is 6.13. The molecule has 0 N–H and O–H groups in total. The Bertz CT molecular complexity index is 380.